The van der Waals surface area contributed by atoms with Crippen molar-refractivity contribution < 1.29 is 19.1 Å². The van der Waals surface area contributed by atoms with Gasteiger partial charge in [-0.25, -0.2) is 4.90 Å². The summed E-state index contributed by atoms with van der Waals surface area (Å²) in [6.07, 6.45) is 1.66. The molecule has 34 heavy (non-hydrogen) atoms. The van der Waals surface area contributed by atoms with Gasteiger partial charge in [0.2, 0.25) is 17.7 Å². The molecule has 3 saturated heterocycles. The fraction of sp³-hybridized carbons (Fsp3) is 0.423. The number of hydrogen-bond donors (Lipinski definition) is 1. The molecule has 0 unspecified atom stereocenters. The molecule has 0 aromatic heterocycles. The van der Waals surface area contributed by atoms with E-state index in [0.29, 0.717) is 23.0 Å². The number of anilines is 2. The summed E-state index contributed by atoms with van der Waals surface area (Å²) in [5.41, 5.74) is 3.58. The minimum atomic E-state index is -1.18. The highest BCUT2D eigenvalue weighted by Gasteiger charge is 2.74. The van der Waals surface area contributed by atoms with E-state index in [1.165, 1.54) is 12.0 Å². The van der Waals surface area contributed by atoms with E-state index < -0.39 is 17.4 Å². The highest BCUT2D eigenvalue weighted by Crippen LogP contribution is 2.61. The number of nitrogens with zero attached hydrogens (tertiary/aromatic N) is 2. The number of methoxy groups -OCH3 is 1. The Morgan fingerprint density at radius 2 is 1.85 bits per heavy atom. The first-order valence-electron chi connectivity index (χ1n) is 11.6. The lowest BCUT2D eigenvalue weighted by Gasteiger charge is -2.36. The van der Waals surface area contributed by atoms with Crippen molar-refractivity contribution in [2.45, 2.75) is 45.2 Å². The summed E-state index contributed by atoms with van der Waals surface area (Å²) < 4.78 is 5.50. The molecule has 7 nitrogen and oxygen atoms in total. The fourth-order valence-electron chi connectivity index (χ4n) is 6.74. The van der Waals surface area contributed by atoms with E-state index >= 15 is 0 Å². The molecule has 3 amide bonds. The van der Waals surface area contributed by atoms with Gasteiger partial charge in [0.15, 0.2) is 0 Å². The number of aryl methyl sites for hydroxylation is 2. The average Bonchev–Trinajstić information content (AvgIpc) is 3.51. The molecule has 0 aliphatic carbocycles. The van der Waals surface area contributed by atoms with Crippen LogP contribution in [0.2, 0.25) is 5.02 Å². The van der Waals surface area contributed by atoms with E-state index in [2.05, 4.69) is 10.2 Å². The first kappa shape index (κ1) is 21.6. The SMILES string of the molecule is COc1cc(Cl)c(C)cc1N1C(=O)[C@@H]2[C@@H]3CCCN3[C@]3(C(=O)Nc4c3ccc(C)c4C)[C@H]2C1=O. The number of halogens is 1. The summed E-state index contributed by atoms with van der Waals surface area (Å²) in [4.78, 5) is 45.3. The Kier molecular flexibility index (Phi) is 4.49. The number of benzene rings is 2. The topological polar surface area (TPSA) is 79.0 Å². The van der Waals surface area contributed by atoms with Crippen molar-refractivity contribution in [3.63, 3.8) is 0 Å². The molecule has 0 saturated carbocycles. The molecule has 2 aromatic rings. The Hall–Kier alpha value is -2.90. The van der Waals surface area contributed by atoms with Crippen molar-refractivity contribution in [2.75, 3.05) is 23.9 Å². The quantitative estimate of drug-likeness (QED) is 0.664. The van der Waals surface area contributed by atoms with Crippen LogP contribution >= 0.6 is 11.6 Å². The third-order valence-corrected chi connectivity index (χ3v) is 8.81. The largest absolute Gasteiger partial charge is 0.495 e. The lowest BCUT2D eigenvalue weighted by atomic mass is 9.75. The van der Waals surface area contributed by atoms with Crippen molar-refractivity contribution in [1.29, 1.82) is 0 Å². The van der Waals surface area contributed by atoms with Gasteiger partial charge in [0, 0.05) is 28.4 Å². The third kappa shape index (κ3) is 2.39. The smallest absolute Gasteiger partial charge is 0.250 e. The number of carbonyl (C=O) groups is 3. The molecule has 3 fully saturated rings. The van der Waals surface area contributed by atoms with Crippen molar-refractivity contribution in [1.82, 2.24) is 4.90 Å². The highest BCUT2D eigenvalue weighted by atomic mass is 35.5. The number of nitrogens with one attached hydrogen (secondary N) is 1. The molecule has 4 aliphatic heterocycles. The minimum absolute atomic E-state index is 0.163. The molecule has 4 atom stereocenters. The predicted octanol–water partition coefficient (Wildman–Crippen LogP) is 3.71. The van der Waals surface area contributed by atoms with Gasteiger partial charge in [-0.3, -0.25) is 19.3 Å². The molecule has 0 bridgehead atoms. The zero-order chi connectivity index (χ0) is 24.1. The summed E-state index contributed by atoms with van der Waals surface area (Å²) >= 11 is 6.29. The maximum Gasteiger partial charge on any atom is 0.250 e. The maximum atomic E-state index is 14.2. The van der Waals surface area contributed by atoms with Gasteiger partial charge in [-0.1, -0.05) is 23.7 Å². The minimum Gasteiger partial charge on any atom is -0.495 e. The Morgan fingerprint density at radius 1 is 1.09 bits per heavy atom. The van der Waals surface area contributed by atoms with E-state index in [4.69, 9.17) is 16.3 Å². The highest BCUT2D eigenvalue weighted by molar-refractivity contribution is 6.32. The molecule has 1 spiro atoms. The Morgan fingerprint density at radius 3 is 2.59 bits per heavy atom. The van der Waals surface area contributed by atoms with Crippen LogP contribution in [0.1, 0.15) is 35.1 Å². The van der Waals surface area contributed by atoms with Gasteiger partial charge in [-0.05, 0) is 62.9 Å². The second-order valence-corrected chi connectivity index (χ2v) is 10.2. The first-order chi connectivity index (χ1) is 16.2. The summed E-state index contributed by atoms with van der Waals surface area (Å²) in [6.45, 7) is 6.49. The maximum absolute atomic E-state index is 14.2. The Balaban J connectivity index is 1.57. The summed E-state index contributed by atoms with van der Waals surface area (Å²) in [6, 6.07) is 7.14. The number of hydrogen-bond acceptors (Lipinski definition) is 5. The van der Waals surface area contributed by atoms with E-state index in [0.717, 1.165) is 40.8 Å². The van der Waals surface area contributed by atoms with Gasteiger partial charge in [-0.15, -0.1) is 0 Å². The van der Waals surface area contributed by atoms with E-state index in [1.54, 1.807) is 12.1 Å². The van der Waals surface area contributed by atoms with Crippen molar-refractivity contribution in [3.8, 4) is 5.75 Å². The molecule has 176 valence electrons. The number of fused-ring (bicyclic) bond motifs is 7. The summed E-state index contributed by atoms with van der Waals surface area (Å²) in [5.74, 6) is -1.86. The third-order valence-electron chi connectivity index (χ3n) is 8.40. The van der Waals surface area contributed by atoms with Gasteiger partial charge in [0.1, 0.15) is 11.3 Å². The molecule has 2 aromatic carbocycles. The zero-order valence-corrected chi connectivity index (χ0v) is 20.3. The van der Waals surface area contributed by atoms with Gasteiger partial charge in [-0.2, -0.15) is 0 Å². The van der Waals surface area contributed by atoms with Crippen LogP contribution in [0.5, 0.6) is 5.75 Å². The number of carbonyl (C=O) groups excluding carboxylic acids is 3. The van der Waals surface area contributed by atoms with Crippen LogP contribution < -0.4 is 15.0 Å². The molecular weight excluding hydrogens is 454 g/mol. The number of rotatable bonds is 2. The van der Waals surface area contributed by atoms with Crippen LogP contribution in [0.3, 0.4) is 0 Å². The first-order valence-corrected chi connectivity index (χ1v) is 12.0. The monoisotopic (exact) mass is 479 g/mol. The second-order valence-electron chi connectivity index (χ2n) is 9.84. The standard InChI is InChI=1S/C26H26ClN3O4/c1-12-7-8-15-22(14(12)3)28-25(33)26(15)21-20(17-6-5-9-29(17)26)23(31)30(24(21)32)18-10-13(2)16(27)11-19(18)34-4/h7-8,10-11,17,20-21H,5-6,9H2,1-4H3,(H,28,33)/t17-,20+,21+,26-/m0/s1. The van der Waals surface area contributed by atoms with E-state index in [9.17, 15) is 14.4 Å². The van der Waals surface area contributed by atoms with Crippen LogP contribution in [-0.2, 0) is 19.9 Å². The summed E-state index contributed by atoms with van der Waals surface area (Å²) in [5, 5.41) is 3.58. The second kappa shape index (κ2) is 7.06. The molecular formula is C26H26ClN3O4. The fourth-order valence-corrected chi connectivity index (χ4v) is 6.90. The van der Waals surface area contributed by atoms with Gasteiger partial charge >= 0.3 is 0 Å². The van der Waals surface area contributed by atoms with Gasteiger partial charge in [0.25, 0.3) is 0 Å². The Labute approximate surface area is 203 Å². The summed E-state index contributed by atoms with van der Waals surface area (Å²) in [7, 11) is 1.49. The van der Waals surface area contributed by atoms with Gasteiger partial charge < -0.3 is 10.1 Å². The molecule has 1 N–H and O–H groups in total. The predicted molar refractivity (Wildman–Crippen MR) is 128 cm³/mol. The number of amides is 3. The lowest BCUT2D eigenvalue weighted by molar-refractivity contribution is -0.135. The van der Waals surface area contributed by atoms with Crippen molar-refractivity contribution in [3.05, 3.63) is 51.5 Å². The lowest BCUT2D eigenvalue weighted by Crippen LogP contribution is -2.54. The van der Waals surface area contributed by atoms with Crippen LogP contribution in [0.4, 0.5) is 11.4 Å². The molecule has 8 heteroatoms. The number of imide groups is 1. The molecule has 4 aliphatic rings. The van der Waals surface area contributed by atoms with Gasteiger partial charge in [0.05, 0.1) is 24.6 Å². The normalized spacial score (nSPS) is 29.6. The van der Waals surface area contributed by atoms with Crippen LogP contribution in [0.25, 0.3) is 0 Å². The van der Waals surface area contributed by atoms with E-state index in [1.807, 2.05) is 32.9 Å². The van der Waals surface area contributed by atoms with Crippen LogP contribution in [0.15, 0.2) is 24.3 Å². The van der Waals surface area contributed by atoms with Crippen LogP contribution in [-0.4, -0.2) is 42.3 Å². The van der Waals surface area contributed by atoms with Crippen molar-refractivity contribution >= 4 is 40.7 Å². The molecule has 6 rings (SSSR count). The Bertz CT molecular complexity index is 1310. The van der Waals surface area contributed by atoms with Crippen LogP contribution in [0, 0.1) is 32.6 Å². The molecule has 4 heterocycles. The molecule has 0 radical (unpaired) electrons. The average molecular weight is 480 g/mol. The van der Waals surface area contributed by atoms with Crippen molar-refractivity contribution in [2.24, 2.45) is 11.8 Å². The van der Waals surface area contributed by atoms with E-state index in [-0.39, 0.29) is 23.8 Å². The zero-order valence-electron chi connectivity index (χ0n) is 19.6. The number of ether oxygens (including phenoxy) is 1.